The molecule has 0 N–H and O–H groups in total. The van der Waals surface area contributed by atoms with Gasteiger partial charge in [-0.05, 0) is 61.4 Å². The van der Waals surface area contributed by atoms with Crippen LogP contribution in [-0.2, 0) is 36.3 Å². The molecule has 228 valence electrons. The second-order valence-corrected chi connectivity index (χ2v) is 13.6. The molecule has 4 rings (SSSR count). The van der Waals surface area contributed by atoms with Gasteiger partial charge in [-0.2, -0.15) is 8.78 Å². The Kier molecular flexibility index (Phi) is 8.97. The van der Waals surface area contributed by atoms with Crippen molar-refractivity contribution in [2.24, 2.45) is 5.92 Å². The van der Waals surface area contributed by atoms with Crippen LogP contribution in [0.4, 0.5) is 26.3 Å². The highest BCUT2D eigenvalue weighted by Gasteiger charge is 2.52. The van der Waals surface area contributed by atoms with Gasteiger partial charge in [-0.15, -0.1) is 0 Å². The van der Waals surface area contributed by atoms with Crippen molar-refractivity contribution in [3.8, 4) is 5.75 Å². The fourth-order valence-corrected chi connectivity index (χ4v) is 6.61. The number of halogens is 6. The van der Waals surface area contributed by atoms with Crippen LogP contribution in [-0.4, -0.2) is 43.5 Å². The fraction of sp³-hybridized carbons (Fsp3) is 0.357. The lowest BCUT2D eigenvalue weighted by molar-refractivity contribution is -0.368. The van der Waals surface area contributed by atoms with Gasteiger partial charge in [0.1, 0.15) is 30.1 Å². The molecule has 0 bridgehead atoms. The molecule has 14 heteroatoms. The molecule has 0 aliphatic carbocycles. The monoisotopic (exact) mass is 636 g/mol. The van der Waals surface area contributed by atoms with Crippen LogP contribution in [0.5, 0.6) is 5.75 Å². The van der Waals surface area contributed by atoms with Crippen molar-refractivity contribution in [2.75, 3.05) is 13.2 Å². The number of hydrogen-bond acceptors (Lipinski definition) is 6. The second kappa shape index (κ2) is 11.7. The lowest BCUT2D eigenvalue weighted by atomic mass is 9.97. The summed E-state index contributed by atoms with van der Waals surface area (Å²) in [5.74, 6) is -7.02. The number of rotatable bonds is 9. The standard InChI is InChI=1S/C28H26F6O6S2/c1-17(2)25-27(31,32)15-39-26(3,40-25)18-4-8-22(9-5-18)41(24-13-19(29)12-20(30)14-24)23-10-6-21(7-11-23)38-16-28(33,34)42(35,36)37/h4-14,17,25H,15-16H2,1-3H3. The van der Waals surface area contributed by atoms with Crippen LogP contribution in [0.2, 0.25) is 0 Å². The van der Waals surface area contributed by atoms with Gasteiger partial charge in [0.2, 0.25) is 0 Å². The lowest BCUT2D eigenvalue weighted by Crippen LogP contribution is -2.54. The summed E-state index contributed by atoms with van der Waals surface area (Å²) < 4.78 is 132. The molecular weight excluding hydrogens is 610 g/mol. The summed E-state index contributed by atoms with van der Waals surface area (Å²) in [5.41, 5.74) is 0.430. The molecule has 42 heavy (non-hydrogen) atoms. The number of ether oxygens (including phenoxy) is 3. The zero-order chi connectivity index (χ0) is 31.1. The zero-order valence-corrected chi connectivity index (χ0v) is 24.1. The Balaban J connectivity index is 1.66. The Morgan fingerprint density at radius 1 is 0.976 bits per heavy atom. The zero-order valence-electron chi connectivity index (χ0n) is 22.5. The first-order valence-electron chi connectivity index (χ1n) is 12.5. The van der Waals surface area contributed by atoms with E-state index in [0.717, 1.165) is 12.1 Å². The van der Waals surface area contributed by atoms with E-state index < -0.39 is 74.8 Å². The van der Waals surface area contributed by atoms with Crippen molar-refractivity contribution >= 4 is 21.0 Å². The van der Waals surface area contributed by atoms with Gasteiger partial charge in [-0.1, -0.05) is 13.8 Å². The summed E-state index contributed by atoms with van der Waals surface area (Å²) in [5, 5.41) is -4.65. The van der Waals surface area contributed by atoms with Crippen molar-refractivity contribution < 1.29 is 53.5 Å². The molecule has 1 heterocycles. The molecule has 3 aromatic rings. The summed E-state index contributed by atoms with van der Waals surface area (Å²) in [6.45, 7) is 2.21. The largest absolute Gasteiger partial charge is 0.743 e. The third kappa shape index (κ3) is 6.88. The summed E-state index contributed by atoms with van der Waals surface area (Å²) in [4.78, 5) is 1.25. The summed E-state index contributed by atoms with van der Waals surface area (Å²) in [6, 6.07) is 14.8. The minimum Gasteiger partial charge on any atom is -0.743 e. The van der Waals surface area contributed by atoms with Gasteiger partial charge in [0, 0.05) is 23.8 Å². The number of hydrogen-bond donors (Lipinski definition) is 0. The minimum atomic E-state index is -5.94. The van der Waals surface area contributed by atoms with Crippen molar-refractivity contribution in [3.63, 3.8) is 0 Å². The first-order valence-corrected chi connectivity index (χ1v) is 15.1. The predicted octanol–water partition coefficient (Wildman–Crippen LogP) is 6.46. The quantitative estimate of drug-likeness (QED) is 0.152. The van der Waals surface area contributed by atoms with E-state index in [1.54, 1.807) is 38.1 Å². The first kappa shape index (κ1) is 32.1. The highest BCUT2D eigenvalue weighted by atomic mass is 32.2. The van der Waals surface area contributed by atoms with E-state index in [2.05, 4.69) is 0 Å². The topological polar surface area (TPSA) is 84.9 Å². The third-order valence-electron chi connectivity index (χ3n) is 6.43. The average molecular weight is 637 g/mol. The first-order chi connectivity index (χ1) is 19.4. The molecule has 3 aromatic carbocycles. The van der Waals surface area contributed by atoms with Crippen LogP contribution in [0.3, 0.4) is 0 Å². The van der Waals surface area contributed by atoms with Gasteiger partial charge in [-0.3, -0.25) is 0 Å². The van der Waals surface area contributed by atoms with Gasteiger partial charge in [0.05, 0.1) is 10.9 Å². The molecule has 0 spiro atoms. The number of benzene rings is 3. The van der Waals surface area contributed by atoms with Crippen LogP contribution in [0, 0.1) is 17.6 Å². The Labute approximate surface area is 241 Å². The van der Waals surface area contributed by atoms with Gasteiger partial charge >= 0.3 is 5.25 Å². The lowest BCUT2D eigenvalue weighted by Gasteiger charge is -2.44. The third-order valence-corrected chi connectivity index (χ3v) is 9.48. The van der Waals surface area contributed by atoms with Crippen molar-refractivity contribution in [1.82, 2.24) is 0 Å². The van der Waals surface area contributed by atoms with Crippen molar-refractivity contribution in [2.45, 2.75) is 58.5 Å². The van der Waals surface area contributed by atoms with E-state index in [9.17, 15) is 39.3 Å². The SMILES string of the molecule is CC(C)C1OC(C)(c2ccc([S+](c3ccc(OCC(F)(F)S(=O)(=O)[O-])cc3)c3cc(F)cc(F)c3)cc2)OCC1(F)F. The summed E-state index contributed by atoms with van der Waals surface area (Å²) in [6.07, 6.45) is -1.39. The summed E-state index contributed by atoms with van der Waals surface area (Å²) in [7, 11) is -7.10. The van der Waals surface area contributed by atoms with Crippen LogP contribution < -0.4 is 4.74 Å². The van der Waals surface area contributed by atoms with E-state index >= 15 is 0 Å². The highest BCUT2D eigenvalue weighted by molar-refractivity contribution is 7.97. The molecule has 3 unspecified atom stereocenters. The smallest absolute Gasteiger partial charge is 0.367 e. The van der Waals surface area contributed by atoms with E-state index in [-0.39, 0.29) is 10.6 Å². The molecular formula is C28H26F6O6S2. The van der Waals surface area contributed by atoms with Gasteiger partial charge in [0.25, 0.3) is 5.92 Å². The molecule has 3 atom stereocenters. The maximum Gasteiger partial charge on any atom is 0.367 e. The molecule has 1 fully saturated rings. The van der Waals surface area contributed by atoms with Gasteiger partial charge < -0.3 is 18.8 Å². The van der Waals surface area contributed by atoms with E-state index in [4.69, 9.17) is 14.2 Å². The fourth-order valence-electron chi connectivity index (χ4n) is 4.31. The molecule has 6 nitrogen and oxygen atoms in total. The summed E-state index contributed by atoms with van der Waals surface area (Å²) >= 11 is 0. The van der Waals surface area contributed by atoms with Crippen LogP contribution in [0.15, 0.2) is 81.4 Å². The van der Waals surface area contributed by atoms with Crippen LogP contribution in [0.1, 0.15) is 26.3 Å². The average Bonchev–Trinajstić information content (AvgIpc) is 2.89. The Morgan fingerprint density at radius 3 is 2.00 bits per heavy atom. The highest BCUT2D eigenvalue weighted by Crippen LogP contribution is 2.42. The number of alkyl halides is 4. The van der Waals surface area contributed by atoms with E-state index in [1.165, 1.54) is 31.2 Å². The van der Waals surface area contributed by atoms with Gasteiger partial charge in [0.15, 0.2) is 37.2 Å². The molecule has 1 aliphatic heterocycles. The molecule has 0 aromatic heterocycles. The molecule has 1 saturated heterocycles. The predicted molar refractivity (Wildman–Crippen MR) is 140 cm³/mol. The normalized spacial score (nSPS) is 21.7. The Bertz CT molecular complexity index is 1500. The molecule has 0 saturated carbocycles. The van der Waals surface area contributed by atoms with Crippen LogP contribution in [0.25, 0.3) is 0 Å². The van der Waals surface area contributed by atoms with Crippen molar-refractivity contribution in [1.29, 1.82) is 0 Å². The molecule has 1 aliphatic rings. The second-order valence-electron chi connectivity index (χ2n) is 10.1. The van der Waals surface area contributed by atoms with Crippen molar-refractivity contribution in [3.05, 3.63) is 83.9 Å². The van der Waals surface area contributed by atoms with E-state index in [0.29, 0.717) is 21.4 Å². The Hall–Kier alpha value is -2.78. The molecule has 0 amide bonds. The van der Waals surface area contributed by atoms with E-state index in [1.807, 2.05) is 0 Å². The molecule has 0 radical (unpaired) electrons. The van der Waals surface area contributed by atoms with Gasteiger partial charge in [-0.25, -0.2) is 26.0 Å². The minimum absolute atomic E-state index is 0.178. The maximum absolute atomic E-state index is 14.4. The maximum atomic E-state index is 14.4. The van der Waals surface area contributed by atoms with Crippen LogP contribution >= 0.6 is 0 Å². The Morgan fingerprint density at radius 2 is 1.50 bits per heavy atom.